The van der Waals surface area contributed by atoms with Gasteiger partial charge in [-0.2, -0.15) is 0 Å². The quantitative estimate of drug-likeness (QED) is 0.336. The van der Waals surface area contributed by atoms with Gasteiger partial charge in [-0.05, 0) is 35.7 Å². The largest absolute Gasteiger partial charge is 0.465 e. The molecule has 2 aromatic heterocycles. The van der Waals surface area contributed by atoms with Crippen molar-refractivity contribution in [2.24, 2.45) is 0 Å². The van der Waals surface area contributed by atoms with Gasteiger partial charge in [0.05, 0.1) is 23.7 Å². The first-order valence-electron chi connectivity index (χ1n) is 11.0. The summed E-state index contributed by atoms with van der Waals surface area (Å²) in [6.45, 7) is 2.38. The number of imidazole rings is 1. The van der Waals surface area contributed by atoms with Gasteiger partial charge in [0.15, 0.2) is 5.82 Å². The maximum absolute atomic E-state index is 12.2. The van der Waals surface area contributed by atoms with Crippen molar-refractivity contribution < 1.29 is 18.8 Å². The van der Waals surface area contributed by atoms with E-state index in [-0.39, 0.29) is 0 Å². The maximum atomic E-state index is 12.2. The minimum absolute atomic E-state index is 0.366. The fraction of sp³-hybridized carbons (Fsp3) is 0.154. The molecule has 9 nitrogen and oxygen atoms in total. The lowest BCUT2D eigenvalue weighted by molar-refractivity contribution is 0.0602. The number of methoxy groups -OCH3 is 1. The van der Waals surface area contributed by atoms with E-state index in [9.17, 15) is 9.59 Å². The number of hydrogen-bond donors (Lipinski definition) is 2. The molecule has 2 heterocycles. The van der Waals surface area contributed by atoms with Crippen molar-refractivity contribution in [3.8, 4) is 22.5 Å². The molecule has 0 fully saturated rings. The molecule has 2 N–H and O–H groups in total. The van der Waals surface area contributed by atoms with Gasteiger partial charge in [-0.1, -0.05) is 59.8 Å². The first-order chi connectivity index (χ1) is 17.1. The molecule has 0 spiro atoms. The van der Waals surface area contributed by atoms with Gasteiger partial charge < -0.3 is 14.5 Å². The Morgan fingerprint density at radius 1 is 1.00 bits per heavy atom. The molecule has 0 radical (unpaired) electrons. The molecule has 0 saturated heterocycles. The molecular formula is C26H22N4O5. The molecule has 3 aromatic carbocycles. The van der Waals surface area contributed by atoms with Crippen molar-refractivity contribution >= 4 is 17.0 Å². The molecule has 1 unspecified atom stereocenters. The average molecular weight is 470 g/mol. The third kappa shape index (κ3) is 4.24. The van der Waals surface area contributed by atoms with Crippen LogP contribution >= 0.6 is 0 Å². The minimum Gasteiger partial charge on any atom is -0.465 e. The molecule has 5 aromatic rings. The van der Waals surface area contributed by atoms with E-state index >= 15 is 0 Å². The number of nitrogens with one attached hydrogen (secondary N) is 2. The van der Waals surface area contributed by atoms with E-state index in [1.165, 1.54) is 7.11 Å². The van der Waals surface area contributed by atoms with E-state index in [1.807, 2.05) is 61.5 Å². The lowest BCUT2D eigenvalue weighted by atomic mass is 9.97. The average Bonchev–Trinajstić information content (AvgIpc) is 3.53. The molecule has 0 amide bonds. The number of nitrogens with zero attached hydrogens (tertiary/aromatic N) is 2. The first kappa shape index (κ1) is 22.3. The summed E-state index contributed by atoms with van der Waals surface area (Å²) >= 11 is 0. The summed E-state index contributed by atoms with van der Waals surface area (Å²) in [4.78, 5) is 34.1. The molecule has 0 aliphatic carbocycles. The van der Waals surface area contributed by atoms with Gasteiger partial charge in [0.2, 0.25) is 0 Å². The summed E-state index contributed by atoms with van der Waals surface area (Å²) in [7, 11) is 1.35. The second-order valence-corrected chi connectivity index (χ2v) is 7.76. The number of benzene rings is 3. The van der Waals surface area contributed by atoms with Crippen molar-refractivity contribution in [1.82, 2.24) is 20.1 Å². The molecule has 0 aliphatic rings. The van der Waals surface area contributed by atoms with Crippen LogP contribution in [-0.2, 0) is 9.47 Å². The Morgan fingerprint density at radius 2 is 1.77 bits per heavy atom. The predicted molar refractivity (Wildman–Crippen MR) is 129 cm³/mol. The number of H-pyrrole nitrogens is 2. The zero-order valence-electron chi connectivity index (χ0n) is 19.1. The summed E-state index contributed by atoms with van der Waals surface area (Å²) in [6.07, 6.45) is -0.464. The number of fused-ring (bicyclic) bond motifs is 1. The maximum Gasteiger partial charge on any atom is 0.439 e. The van der Waals surface area contributed by atoms with Crippen LogP contribution in [0.2, 0.25) is 0 Å². The molecule has 176 valence electrons. The third-order valence-corrected chi connectivity index (χ3v) is 5.67. The molecule has 9 heteroatoms. The highest BCUT2D eigenvalue weighted by Crippen LogP contribution is 2.32. The van der Waals surface area contributed by atoms with Crippen LogP contribution in [0.4, 0.5) is 0 Å². The summed E-state index contributed by atoms with van der Waals surface area (Å²) < 4.78 is 15.6. The number of rotatable bonds is 7. The third-order valence-electron chi connectivity index (χ3n) is 5.67. The summed E-state index contributed by atoms with van der Waals surface area (Å²) in [5.41, 5.74) is 5.13. The van der Waals surface area contributed by atoms with Crippen LogP contribution in [0, 0.1) is 0 Å². The van der Waals surface area contributed by atoms with Crippen LogP contribution in [0.3, 0.4) is 0 Å². The zero-order valence-corrected chi connectivity index (χ0v) is 19.1. The fourth-order valence-corrected chi connectivity index (χ4v) is 4.08. The van der Waals surface area contributed by atoms with Gasteiger partial charge in [0.25, 0.3) is 0 Å². The number of aromatic amines is 2. The number of carbonyl (C=O) groups is 1. The SMILES string of the molecule is CCOC(c1ccc(-c2ccccc2-c2noc(=O)[nH]2)cc1)c1nc2cccc(C(=O)OC)c2[nH]1. The number of hydrogen-bond acceptors (Lipinski definition) is 7. The van der Waals surface area contributed by atoms with E-state index in [2.05, 4.69) is 24.6 Å². The topological polar surface area (TPSA) is 123 Å². The van der Waals surface area contributed by atoms with E-state index in [0.29, 0.717) is 34.9 Å². The normalized spacial score (nSPS) is 12.1. The van der Waals surface area contributed by atoms with Gasteiger partial charge in [-0.3, -0.25) is 9.51 Å². The molecule has 35 heavy (non-hydrogen) atoms. The number of esters is 1. The minimum atomic E-state index is -0.606. The molecule has 0 aliphatic heterocycles. The Bertz CT molecular complexity index is 1550. The molecular weight excluding hydrogens is 448 g/mol. The van der Waals surface area contributed by atoms with Gasteiger partial charge in [-0.25, -0.2) is 14.6 Å². The van der Waals surface area contributed by atoms with E-state index in [0.717, 1.165) is 22.3 Å². The Hall–Kier alpha value is -4.50. The predicted octanol–water partition coefficient (Wildman–Crippen LogP) is 4.49. The molecule has 0 bridgehead atoms. The van der Waals surface area contributed by atoms with Crippen molar-refractivity contribution in [3.05, 3.63) is 94.2 Å². The number of para-hydroxylation sites is 1. The van der Waals surface area contributed by atoms with Crippen LogP contribution in [0.1, 0.15) is 34.8 Å². The van der Waals surface area contributed by atoms with Gasteiger partial charge in [0.1, 0.15) is 11.9 Å². The van der Waals surface area contributed by atoms with Crippen molar-refractivity contribution in [3.63, 3.8) is 0 Å². The van der Waals surface area contributed by atoms with Crippen molar-refractivity contribution in [2.45, 2.75) is 13.0 Å². The summed E-state index contributed by atoms with van der Waals surface area (Å²) in [5, 5.41) is 3.82. The Morgan fingerprint density at radius 3 is 2.46 bits per heavy atom. The van der Waals surface area contributed by atoms with Crippen LogP contribution in [0.25, 0.3) is 33.5 Å². The second-order valence-electron chi connectivity index (χ2n) is 7.76. The number of carbonyl (C=O) groups excluding carboxylic acids is 1. The summed E-state index contributed by atoms with van der Waals surface area (Å²) in [6, 6.07) is 20.8. The molecule has 5 rings (SSSR count). The van der Waals surface area contributed by atoms with Crippen LogP contribution in [-0.4, -0.2) is 39.8 Å². The highest BCUT2D eigenvalue weighted by atomic mass is 16.5. The fourth-order valence-electron chi connectivity index (χ4n) is 4.08. The van der Waals surface area contributed by atoms with Gasteiger partial charge in [-0.15, -0.1) is 0 Å². The van der Waals surface area contributed by atoms with E-state index < -0.39 is 17.8 Å². The standard InChI is InChI=1S/C26H22N4O5/c1-3-34-22(24-27-20-10-6-9-19(21(20)28-24)25(31)33-2)16-13-11-15(12-14-16)17-7-4-5-8-18(17)23-29-26(32)35-30-23/h4-14,22H,3H2,1-2H3,(H,27,28)(H,29,30,32). The Balaban J connectivity index is 1.52. The summed E-state index contributed by atoms with van der Waals surface area (Å²) in [5.74, 6) is -0.0850. The van der Waals surface area contributed by atoms with E-state index in [1.54, 1.807) is 12.1 Å². The Kier molecular flexibility index (Phi) is 5.99. The lowest BCUT2D eigenvalue weighted by Crippen LogP contribution is -2.08. The Labute approximate surface area is 199 Å². The van der Waals surface area contributed by atoms with Crippen LogP contribution < -0.4 is 5.76 Å². The smallest absolute Gasteiger partial charge is 0.439 e. The highest BCUT2D eigenvalue weighted by molar-refractivity contribution is 6.01. The van der Waals surface area contributed by atoms with E-state index in [4.69, 9.17) is 9.47 Å². The second kappa shape index (κ2) is 9.40. The first-order valence-corrected chi connectivity index (χ1v) is 11.0. The van der Waals surface area contributed by atoms with Gasteiger partial charge in [0, 0.05) is 12.2 Å². The highest BCUT2D eigenvalue weighted by Gasteiger charge is 2.21. The monoisotopic (exact) mass is 470 g/mol. The lowest BCUT2D eigenvalue weighted by Gasteiger charge is -2.16. The van der Waals surface area contributed by atoms with Crippen molar-refractivity contribution in [2.75, 3.05) is 13.7 Å². The zero-order chi connectivity index (χ0) is 24.4. The number of aromatic nitrogens is 4. The van der Waals surface area contributed by atoms with Crippen LogP contribution in [0.15, 0.2) is 76.0 Å². The number of ether oxygens (including phenoxy) is 2. The molecule has 0 saturated carbocycles. The van der Waals surface area contributed by atoms with Crippen molar-refractivity contribution in [1.29, 1.82) is 0 Å². The van der Waals surface area contributed by atoms with Gasteiger partial charge >= 0.3 is 11.7 Å². The van der Waals surface area contributed by atoms with Crippen LogP contribution in [0.5, 0.6) is 0 Å². The molecule has 1 atom stereocenters.